The standard InChI is InChI=1S/C31H36FN7O3/c1-29(2,42)26(32)18-35-28(41)22-17-34-24(25-6-5-21-13-19(15-33)16-36-39(21)25)14-23(22)37-30-7-10-31(11-8-30,12-9-30)38-27(40)20-3-4-20/h5-6,13-14,16-17,20,26,42H,3-4,7-12,18H2,1-2H3,(H,34,37)(H,35,41)(H,38,40). The Labute approximate surface area is 243 Å². The summed E-state index contributed by atoms with van der Waals surface area (Å²) in [5.41, 5.74) is 1.33. The number of carbonyl (C=O) groups excluding carboxylic acids is 2. The number of carbonyl (C=O) groups is 2. The van der Waals surface area contributed by atoms with E-state index in [0.29, 0.717) is 22.6 Å². The van der Waals surface area contributed by atoms with Gasteiger partial charge in [0.05, 0.1) is 52.1 Å². The summed E-state index contributed by atoms with van der Waals surface area (Å²) in [4.78, 5) is 30.5. The van der Waals surface area contributed by atoms with Crippen LogP contribution in [-0.2, 0) is 4.79 Å². The number of aromatic nitrogens is 3. The summed E-state index contributed by atoms with van der Waals surface area (Å²) in [7, 11) is 0. The maximum atomic E-state index is 14.5. The van der Waals surface area contributed by atoms with Crippen molar-refractivity contribution < 1.29 is 19.1 Å². The lowest BCUT2D eigenvalue weighted by Gasteiger charge is -2.54. The summed E-state index contributed by atoms with van der Waals surface area (Å²) in [5.74, 6) is -0.134. The first-order valence-corrected chi connectivity index (χ1v) is 14.6. The molecule has 1 atom stereocenters. The molecular formula is C31H36FN7O3. The number of alkyl halides is 1. The molecule has 3 heterocycles. The molecule has 11 heteroatoms. The van der Waals surface area contributed by atoms with Crippen LogP contribution in [0, 0.1) is 17.2 Å². The minimum Gasteiger partial charge on any atom is -0.387 e. The highest BCUT2D eigenvalue weighted by Crippen LogP contribution is 2.49. The van der Waals surface area contributed by atoms with Crippen molar-refractivity contribution in [3.05, 3.63) is 47.8 Å². The van der Waals surface area contributed by atoms with E-state index >= 15 is 0 Å². The van der Waals surface area contributed by atoms with E-state index < -0.39 is 17.7 Å². The number of hydrogen-bond acceptors (Lipinski definition) is 7. The van der Waals surface area contributed by atoms with Gasteiger partial charge in [-0.15, -0.1) is 0 Å². The fourth-order valence-corrected chi connectivity index (χ4v) is 6.22. The number of nitrogens with one attached hydrogen (secondary N) is 3. The van der Waals surface area contributed by atoms with Crippen molar-refractivity contribution in [1.82, 2.24) is 25.2 Å². The maximum Gasteiger partial charge on any atom is 0.255 e. The Morgan fingerprint density at radius 3 is 2.48 bits per heavy atom. The van der Waals surface area contributed by atoms with E-state index in [2.05, 4.69) is 32.1 Å². The van der Waals surface area contributed by atoms with E-state index in [0.717, 1.165) is 56.9 Å². The predicted molar refractivity (Wildman–Crippen MR) is 154 cm³/mol. The summed E-state index contributed by atoms with van der Waals surface area (Å²) in [6, 6.07) is 9.37. The molecule has 4 fully saturated rings. The van der Waals surface area contributed by atoms with Gasteiger partial charge in [0.2, 0.25) is 5.91 Å². The van der Waals surface area contributed by atoms with Crippen LogP contribution in [0.2, 0.25) is 0 Å². The molecular weight excluding hydrogens is 537 g/mol. The van der Waals surface area contributed by atoms with Crippen LogP contribution in [0.3, 0.4) is 0 Å². The van der Waals surface area contributed by atoms with Crippen LogP contribution in [0.4, 0.5) is 10.1 Å². The summed E-state index contributed by atoms with van der Waals surface area (Å²) >= 11 is 0. The molecule has 3 aromatic rings. The summed E-state index contributed by atoms with van der Waals surface area (Å²) in [5, 5.41) is 33.3. The molecule has 0 aromatic carbocycles. The van der Waals surface area contributed by atoms with Crippen molar-refractivity contribution >= 4 is 23.0 Å². The third-order valence-electron chi connectivity index (χ3n) is 9.23. The topological polar surface area (TPSA) is 144 Å². The van der Waals surface area contributed by atoms with Crippen molar-refractivity contribution in [2.45, 2.75) is 88.1 Å². The predicted octanol–water partition coefficient (Wildman–Crippen LogP) is 3.89. The fourth-order valence-electron chi connectivity index (χ4n) is 6.22. The van der Waals surface area contributed by atoms with E-state index in [4.69, 9.17) is 0 Å². The number of nitrogens with zero attached hydrogens (tertiary/aromatic N) is 4. The Kier molecular flexibility index (Phi) is 6.92. The number of anilines is 1. The largest absolute Gasteiger partial charge is 0.387 e. The quantitative estimate of drug-likeness (QED) is 0.304. The van der Waals surface area contributed by atoms with Gasteiger partial charge < -0.3 is 21.1 Å². The SMILES string of the molecule is CC(C)(O)C(F)CNC(=O)c1cnc(-c2ccc3cc(C#N)cnn23)cc1NC12CCC(NC(=O)C3CC3)(CC1)CC2. The monoisotopic (exact) mass is 573 g/mol. The van der Waals surface area contributed by atoms with Gasteiger partial charge in [-0.2, -0.15) is 10.4 Å². The normalized spacial score (nSPS) is 24.2. The highest BCUT2D eigenvalue weighted by Gasteiger charge is 2.50. The molecule has 42 heavy (non-hydrogen) atoms. The Morgan fingerprint density at radius 2 is 1.83 bits per heavy atom. The number of rotatable bonds is 9. The molecule has 220 valence electrons. The lowest BCUT2D eigenvalue weighted by Crippen LogP contribution is -2.61. The molecule has 2 bridgehead atoms. The zero-order valence-electron chi connectivity index (χ0n) is 23.9. The Morgan fingerprint density at radius 1 is 1.14 bits per heavy atom. The third-order valence-corrected chi connectivity index (χ3v) is 9.23. The Bertz CT molecular complexity index is 1560. The van der Waals surface area contributed by atoms with Gasteiger partial charge in [0.15, 0.2) is 0 Å². The lowest BCUT2D eigenvalue weighted by atomic mass is 9.61. The van der Waals surface area contributed by atoms with Gasteiger partial charge in [-0.05, 0) is 89.5 Å². The average Bonchev–Trinajstić information content (AvgIpc) is 3.75. The number of halogens is 1. The molecule has 0 radical (unpaired) electrons. The maximum absolute atomic E-state index is 14.5. The van der Waals surface area contributed by atoms with Crippen molar-refractivity contribution in [3.63, 3.8) is 0 Å². The number of amides is 2. The highest BCUT2D eigenvalue weighted by atomic mass is 19.1. The number of fused-ring (bicyclic) bond motifs is 4. The minimum atomic E-state index is -1.64. The molecule has 7 rings (SSSR count). The van der Waals surface area contributed by atoms with Gasteiger partial charge in [0, 0.05) is 23.2 Å². The van der Waals surface area contributed by atoms with Crippen LogP contribution in [0.1, 0.15) is 81.1 Å². The summed E-state index contributed by atoms with van der Waals surface area (Å²) in [6.07, 6.45) is 8.40. The molecule has 10 nitrogen and oxygen atoms in total. The van der Waals surface area contributed by atoms with E-state index in [1.165, 1.54) is 26.2 Å². The second kappa shape index (κ2) is 10.3. The molecule has 4 aliphatic rings. The Balaban J connectivity index is 1.28. The number of aliphatic hydroxyl groups is 1. The minimum absolute atomic E-state index is 0.154. The van der Waals surface area contributed by atoms with Gasteiger partial charge in [-0.25, -0.2) is 8.91 Å². The first-order valence-electron chi connectivity index (χ1n) is 14.6. The van der Waals surface area contributed by atoms with E-state index in [1.807, 2.05) is 18.2 Å². The van der Waals surface area contributed by atoms with E-state index in [9.17, 15) is 24.3 Å². The van der Waals surface area contributed by atoms with Crippen molar-refractivity contribution in [2.75, 3.05) is 11.9 Å². The number of pyridine rings is 1. The van der Waals surface area contributed by atoms with Crippen LogP contribution in [0.5, 0.6) is 0 Å². The molecule has 0 saturated heterocycles. The molecule has 0 spiro atoms. The van der Waals surface area contributed by atoms with E-state index in [-0.39, 0.29) is 35.0 Å². The zero-order valence-corrected chi connectivity index (χ0v) is 23.9. The highest BCUT2D eigenvalue weighted by molar-refractivity contribution is 6.00. The van der Waals surface area contributed by atoms with Crippen LogP contribution in [0.15, 0.2) is 36.7 Å². The first kappa shape index (κ1) is 28.1. The number of nitriles is 1. The molecule has 2 amide bonds. The zero-order chi connectivity index (χ0) is 29.7. The fraction of sp³-hybridized carbons (Fsp3) is 0.516. The second-order valence-corrected chi connectivity index (χ2v) is 12.8. The van der Waals surface area contributed by atoms with Crippen LogP contribution in [-0.4, -0.2) is 60.9 Å². The van der Waals surface area contributed by atoms with Crippen LogP contribution >= 0.6 is 0 Å². The smallest absolute Gasteiger partial charge is 0.255 e. The lowest BCUT2D eigenvalue weighted by molar-refractivity contribution is -0.125. The Hall–Kier alpha value is -4.04. The van der Waals surface area contributed by atoms with Gasteiger partial charge in [-0.1, -0.05) is 0 Å². The molecule has 1 unspecified atom stereocenters. The first-order chi connectivity index (χ1) is 20.0. The number of hydrogen-bond donors (Lipinski definition) is 4. The molecule has 4 N–H and O–H groups in total. The summed E-state index contributed by atoms with van der Waals surface area (Å²) in [6.45, 7) is 2.38. The van der Waals surface area contributed by atoms with E-state index in [1.54, 1.807) is 10.6 Å². The third kappa shape index (κ3) is 5.43. The summed E-state index contributed by atoms with van der Waals surface area (Å²) < 4.78 is 16.2. The van der Waals surface area contributed by atoms with Crippen LogP contribution < -0.4 is 16.0 Å². The van der Waals surface area contributed by atoms with Crippen molar-refractivity contribution in [1.29, 1.82) is 5.26 Å². The second-order valence-electron chi connectivity index (χ2n) is 12.8. The van der Waals surface area contributed by atoms with Crippen molar-refractivity contribution in [2.24, 2.45) is 5.92 Å². The van der Waals surface area contributed by atoms with Gasteiger partial charge in [0.25, 0.3) is 5.91 Å². The molecule has 4 saturated carbocycles. The van der Waals surface area contributed by atoms with Gasteiger partial charge in [0.1, 0.15) is 12.2 Å². The molecule has 3 aromatic heterocycles. The molecule has 0 aliphatic heterocycles. The molecule has 4 aliphatic carbocycles. The van der Waals surface area contributed by atoms with Gasteiger partial charge >= 0.3 is 0 Å². The van der Waals surface area contributed by atoms with Crippen LogP contribution in [0.25, 0.3) is 16.9 Å². The average molecular weight is 574 g/mol. The van der Waals surface area contributed by atoms with Gasteiger partial charge in [-0.3, -0.25) is 14.6 Å². The van der Waals surface area contributed by atoms with Crippen molar-refractivity contribution in [3.8, 4) is 17.5 Å².